The first-order valence-corrected chi connectivity index (χ1v) is 9.71. The van der Waals surface area contributed by atoms with Crippen LogP contribution in [0.15, 0.2) is 54.9 Å². The number of ether oxygens (including phenoxy) is 1. The lowest BCUT2D eigenvalue weighted by Crippen LogP contribution is -2.44. The van der Waals surface area contributed by atoms with Crippen LogP contribution < -0.4 is 4.74 Å². The number of rotatable bonds is 5. The molecular weight excluding hydrogens is 357 g/mol. The van der Waals surface area contributed by atoms with Crippen molar-refractivity contribution in [1.82, 2.24) is 14.5 Å². The van der Waals surface area contributed by atoms with E-state index in [2.05, 4.69) is 4.98 Å². The summed E-state index contributed by atoms with van der Waals surface area (Å²) in [5.41, 5.74) is 1.99. The van der Waals surface area contributed by atoms with Crippen LogP contribution in [0.4, 0.5) is 4.39 Å². The number of piperidine rings is 1. The normalized spacial score (nSPS) is 16.3. The second kappa shape index (κ2) is 8.00. The van der Waals surface area contributed by atoms with E-state index in [1.807, 2.05) is 40.7 Å². The lowest BCUT2D eigenvalue weighted by atomic mass is 10.0. The molecule has 0 bridgehead atoms. The number of para-hydroxylation sites is 2. The van der Waals surface area contributed by atoms with E-state index in [1.54, 1.807) is 18.5 Å². The van der Waals surface area contributed by atoms with Crippen LogP contribution in [0.1, 0.15) is 19.8 Å². The molecule has 4 rings (SSSR count). The number of nitrogens with zero attached hydrogens (tertiary/aromatic N) is 3. The molecule has 6 heteroatoms. The zero-order valence-corrected chi connectivity index (χ0v) is 15.9. The van der Waals surface area contributed by atoms with E-state index in [4.69, 9.17) is 4.74 Å². The average Bonchev–Trinajstić information content (AvgIpc) is 3.11. The van der Waals surface area contributed by atoms with Crippen molar-refractivity contribution in [3.63, 3.8) is 0 Å². The molecule has 0 N–H and O–H groups in total. The quantitative estimate of drug-likeness (QED) is 0.674. The molecule has 1 aliphatic heterocycles. The molecule has 1 fully saturated rings. The molecule has 5 nitrogen and oxygen atoms in total. The highest BCUT2D eigenvalue weighted by Gasteiger charge is 2.27. The SMILES string of the molecule is C[C@@H](Cn1cnc2ccccc21)C(=O)N1CCC(Oc2cccc(F)c2)CC1. The van der Waals surface area contributed by atoms with Gasteiger partial charge in [0.2, 0.25) is 5.91 Å². The predicted octanol–water partition coefficient (Wildman–Crippen LogP) is 3.88. The fourth-order valence-corrected chi connectivity index (χ4v) is 3.77. The number of aromatic nitrogens is 2. The third-order valence-corrected chi connectivity index (χ3v) is 5.27. The van der Waals surface area contributed by atoms with Crippen molar-refractivity contribution in [2.45, 2.75) is 32.4 Å². The van der Waals surface area contributed by atoms with Crippen LogP contribution in [0.2, 0.25) is 0 Å². The summed E-state index contributed by atoms with van der Waals surface area (Å²) in [5.74, 6) is 0.274. The molecule has 1 atom stereocenters. The van der Waals surface area contributed by atoms with E-state index in [-0.39, 0.29) is 23.7 Å². The summed E-state index contributed by atoms with van der Waals surface area (Å²) in [7, 11) is 0. The summed E-state index contributed by atoms with van der Waals surface area (Å²) in [5, 5.41) is 0. The maximum atomic E-state index is 13.3. The molecule has 2 aromatic carbocycles. The maximum absolute atomic E-state index is 13.3. The molecule has 1 saturated heterocycles. The van der Waals surface area contributed by atoms with Crippen molar-refractivity contribution in [3.8, 4) is 5.75 Å². The van der Waals surface area contributed by atoms with Gasteiger partial charge in [0.15, 0.2) is 0 Å². The van der Waals surface area contributed by atoms with Crippen LogP contribution in [0.3, 0.4) is 0 Å². The highest BCUT2D eigenvalue weighted by atomic mass is 19.1. The van der Waals surface area contributed by atoms with Gasteiger partial charge in [-0.2, -0.15) is 0 Å². The second-order valence-corrected chi connectivity index (χ2v) is 7.39. The van der Waals surface area contributed by atoms with Crippen LogP contribution >= 0.6 is 0 Å². The van der Waals surface area contributed by atoms with Gasteiger partial charge in [0.25, 0.3) is 0 Å². The Morgan fingerprint density at radius 3 is 2.79 bits per heavy atom. The summed E-state index contributed by atoms with van der Waals surface area (Å²) >= 11 is 0. The Kier molecular flexibility index (Phi) is 5.28. The Morgan fingerprint density at radius 2 is 2.00 bits per heavy atom. The standard InChI is InChI=1S/C22H24FN3O2/c1-16(14-26-15-24-20-7-2-3-8-21(20)26)22(27)25-11-9-18(10-12-25)28-19-6-4-5-17(23)13-19/h2-8,13,15-16,18H,9-12,14H2,1H3/t16-/m0/s1. The van der Waals surface area contributed by atoms with Gasteiger partial charge in [0, 0.05) is 38.5 Å². The third-order valence-electron chi connectivity index (χ3n) is 5.27. The first kappa shape index (κ1) is 18.5. The molecule has 1 amide bonds. The number of hydrogen-bond acceptors (Lipinski definition) is 3. The van der Waals surface area contributed by atoms with Crippen molar-refractivity contribution in [2.75, 3.05) is 13.1 Å². The van der Waals surface area contributed by atoms with Crippen LogP contribution in [-0.4, -0.2) is 39.6 Å². The zero-order chi connectivity index (χ0) is 19.5. The monoisotopic (exact) mass is 381 g/mol. The van der Waals surface area contributed by atoms with Gasteiger partial charge in [-0.05, 0) is 24.3 Å². The number of benzene rings is 2. The molecule has 0 radical (unpaired) electrons. The molecule has 0 unspecified atom stereocenters. The van der Waals surface area contributed by atoms with Gasteiger partial charge >= 0.3 is 0 Å². The number of carbonyl (C=O) groups is 1. The molecule has 146 valence electrons. The van der Waals surface area contributed by atoms with Gasteiger partial charge in [-0.25, -0.2) is 9.37 Å². The number of imidazole rings is 1. The number of fused-ring (bicyclic) bond motifs is 1. The van der Waals surface area contributed by atoms with Gasteiger partial charge in [-0.3, -0.25) is 4.79 Å². The number of likely N-dealkylation sites (tertiary alicyclic amines) is 1. The molecule has 28 heavy (non-hydrogen) atoms. The van der Waals surface area contributed by atoms with E-state index in [9.17, 15) is 9.18 Å². The van der Waals surface area contributed by atoms with Crippen LogP contribution in [0.5, 0.6) is 5.75 Å². The van der Waals surface area contributed by atoms with E-state index in [0.717, 1.165) is 23.9 Å². The molecule has 1 aliphatic rings. The number of amides is 1. The number of halogens is 1. The maximum Gasteiger partial charge on any atom is 0.227 e. The van der Waals surface area contributed by atoms with Crippen LogP contribution in [0, 0.1) is 11.7 Å². The minimum absolute atomic E-state index is 0.0127. The van der Waals surface area contributed by atoms with Gasteiger partial charge in [-0.15, -0.1) is 0 Å². The fraction of sp³-hybridized carbons (Fsp3) is 0.364. The third kappa shape index (κ3) is 4.01. The Morgan fingerprint density at radius 1 is 1.21 bits per heavy atom. The van der Waals surface area contributed by atoms with Crippen molar-refractivity contribution in [1.29, 1.82) is 0 Å². The van der Waals surface area contributed by atoms with Crippen LogP contribution in [-0.2, 0) is 11.3 Å². The van der Waals surface area contributed by atoms with Crippen molar-refractivity contribution in [3.05, 3.63) is 60.7 Å². The minimum Gasteiger partial charge on any atom is -0.490 e. The van der Waals surface area contributed by atoms with E-state index in [0.29, 0.717) is 25.4 Å². The largest absolute Gasteiger partial charge is 0.490 e. The Hall–Kier alpha value is -2.89. The minimum atomic E-state index is -0.300. The molecule has 2 heterocycles. The summed E-state index contributed by atoms with van der Waals surface area (Å²) in [4.78, 5) is 19.2. The zero-order valence-electron chi connectivity index (χ0n) is 15.9. The van der Waals surface area contributed by atoms with Crippen molar-refractivity contribution < 1.29 is 13.9 Å². The average molecular weight is 381 g/mol. The number of carbonyl (C=O) groups excluding carboxylic acids is 1. The summed E-state index contributed by atoms with van der Waals surface area (Å²) in [6, 6.07) is 14.1. The lowest BCUT2D eigenvalue weighted by molar-refractivity contribution is -0.137. The van der Waals surface area contributed by atoms with E-state index >= 15 is 0 Å². The first-order valence-electron chi connectivity index (χ1n) is 9.71. The highest BCUT2D eigenvalue weighted by Crippen LogP contribution is 2.21. The van der Waals surface area contributed by atoms with E-state index in [1.165, 1.54) is 12.1 Å². The Balaban J connectivity index is 1.32. The Labute approximate surface area is 163 Å². The van der Waals surface area contributed by atoms with Gasteiger partial charge in [0.05, 0.1) is 23.3 Å². The van der Waals surface area contributed by atoms with Gasteiger partial charge in [-0.1, -0.05) is 25.1 Å². The smallest absolute Gasteiger partial charge is 0.227 e. The van der Waals surface area contributed by atoms with Crippen molar-refractivity contribution in [2.24, 2.45) is 5.92 Å². The van der Waals surface area contributed by atoms with Crippen molar-refractivity contribution >= 4 is 16.9 Å². The molecule has 1 aromatic heterocycles. The summed E-state index contributed by atoms with van der Waals surface area (Å²) in [6.07, 6.45) is 3.32. The Bertz CT molecular complexity index is 963. The van der Waals surface area contributed by atoms with Gasteiger partial charge in [0.1, 0.15) is 17.7 Å². The fourth-order valence-electron chi connectivity index (χ4n) is 3.77. The first-order chi connectivity index (χ1) is 13.6. The molecule has 0 saturated carbocycles. The molecule has 0 spiro atoms. The molecular formula is C22H24FN3O2. The van der Waals surface area contributed by atoms with E-state index < -0.39 is 0 Å². The number of hydrogen-bond donors (Lipinski definition) is 0. The highest BCUT2D eigenvalue weighted by molar-refractivity contribution is 5.79. The summed E-state index contributed by atoms with van der Waals surface area (Å²) in [6.45, 7) is 3.90. The van der Waals surface area contributed by atoms with Gasteiger partial charge < -0.3 is 14.2 Å². The molecule has 3 aromatic rings. The molecule has 0 aliphatic carbocycles. The second-order valence-electron chi connectivity index (χ2n) is 7.39. The topological polar surface area (TPSA) is 47.4 Å². The van der Waals surface area contributed by atoms with Crippen LogP contribution in [0.25, 0.3) is 11.0 Å². The summed E-state index contributed by atoms with van der Waals surface area (Å²) < 4.78 is 21.2. The predicted molar refractivity (Wildman–Crippen MR) is 106 cm³/mol. The lowest BCUT2D eigenvalue weighted by Gasteiger charge is -2.33.